The summed E-state index contributed by atoms with van der Waals surface area (Å²) in [5.41, 5.74) is 1.96. The van der Waals surface area contributed by atoms with Crippen LogP contribution in [0.1, 0.15) is 36.7 Å². The number of anilines is 1. The Morgan fingerprint density at radius 3 is 2.29 bits per heavy atom. The first-order valence-electron chi connectivity index (χ1n) is 6.68. The van der Waals surface area contributed by atoms with E-state index in [9.17, 15) is 9.90 Å². The molecule has 21 heavy (non-hydrogen) atoms. The molecule has 0 saturated carbocycles. The van der Waals surface area contributed by atoms with E-state index >= 15 is 0 Å². The van der Waals surface area contributed by atoms with Crippen LogP contribution >= 0.6 is 15.9 Å². The van der Waals surface area contributed by atoms with Crippen molar-refractivity contribution in [1.82, 2.24) is 0 Å². The van der Waals surface area contributed by atoms with Gasteiger partial charge in [0.1, 0.15) is 5.75 Å². The van der Waals surface area contributed by atoms with Crippen molar-refractivity contribution < 1.29 is 9.90 Å². The molecule has 0 radical (unpaired) electrons. The highest BCUT2D eigenvalue weighted by molar-refractivity contribution is 9.10. The summed E-state index contributed by atoms with van der Waals surface area (Å²) in [6.07, 6.45) is 0. The topological polar surface area (TPSA) is 49.3 Å². The highest BCUT2D eigenvalue weighted by Crippen LogP contribution is 2.31. The maximum absolute atomic E-state index is 12.2. The van der Waals surface area contributed by atoms with Gasteiger partial charge in [-0.05, 0) is 47.4 Å². The molecule has 0 heterocycles. The Balaban J connectivity index is 2.26. The quantitative estimate of drug-likeness (QED) is 0.773. The molecule has 0 fully saturated rings. The number of hydrogen-bond acceptors (Lipinski definition) is 2. The standard InChI is InChI=1S/C17H18BrNO2/c1-17(2,3)12-6-9-15(20)14(10-12)19-16(21)11-4-7-13(18)8-5-11/h4-10,20H,1-3H3,(H,19,21). The summed E-state index contributed by atoms with van der Waals surface area (Å²) < 4.78 is 0.914. The Morgan fingerprint density at radius 1 is 1.10 bits per heavy atom. The normalized spacial score (nSPS) is 11.2. The third kappa shape index (κ3) is 3.85. The number of nitrogens with one attached hydrogen (secondary N) is 1. The fourth-order valence-electron chi connectivity index (χ4n) is 1.90. The molecule has 0 atom stereocenters. The lowest BCUT2D eigenvalue weighted by Crippen LogP contribution is -2.14. The van der Waals surface area contributed by atoms with E-state index in [2.05, 4.69) is 42.0 Å². The molecule has 0 bridgehead atoms. The maximum Gasteiger partial charge on any atom is 0.255 e. The lowest BCUT2D eigenvalue weighted by atomic mass is 9.87. The second-order valence-electron chi connectivity index (χ2n) is 5.94. The third-order valence-corrected chi connectivity index (χ3v) is 3.75. The zero-order valence-corrected chi connectivity index (χ0v) is 13.9. The van der Waals surface area contributed by atoms with Gasteiger partial charge in [-0.2, -0.15) is 0 Å². The third-order valence-electron chi connectivity index (χ3n) is 3.22. The lowest BCUT2D eigenvalue weighted by molar-refractivity contribution is 0.102. The van der Waals surface area contributed by atoms with Crippen molar-refractivity contribution in [2.45, 2.75) is 26.2 Å². The number of carbonyl (C=O) groups excluding carboxylic acids is 1. The molecule has 0 aliphatic rings. The van der Waals surface area contributed by atoms with Crippen LogP contribution in [-0.4, -0.2) is 11.0 Å². The summed E-state index contributed by atoms with van der Waals surface area (Å²) in [5.74, 6) is -0.183. The number of rotatable bonds is 2. The molecule has 0 spiro atoms. The number of halogens is 1. The summed E-state index contributed by atoms with van der Waals surface area (Å²) >= 11 is 3.33. The van der Waals surface area contributed by atoms with Crippen molar-refractivity contribution >= 4 is 27.5 Å². The molecule has 0 aromatic heterocycles. The highest BCUT2D eigenvalue weighted by atomic mass is 79.9. The number of hydrogen-bond donors (Lipinski definition) is 2. The van der Waals surface area contributed by atoms with Gasteiger partial charge < -0.3 is 10.4 Å². The monoisotopic (exact) mass is 347 g/mol. The Bertz CT molecular complexity index is 657. The van der Waals surface area contributed by atoms with Gasteiger partial charge in [0.15, 0.2) is 0 Å². The molecule has 1 amide bonds. The van der Waals surface area contributed by atoms with Crippen LogP contribution in [0, 0.1) is 0 Å². The zero-order valence-electron chi connectivity index (χ0n) is 12.3. The summed E-state index contributed by atoms with van der Waals surface area (Å²) in [6.45, 7) is 6.25. The molecule has 4 heteroatoms. The number of carbonyl (C=O) groups is 1. The van der Waals surface area contributed by atoms with Crippen LogP contribution < -0.4 is 5.32 Å². The summed E-state index contributed by atoms with van der Waals surface area (Å²) in [4.78, 5) is 12.2. The first-order chi connectivity index (χ1) is 9.77. The van der Waals surface area contributed by atoms with Gasteiger partial charge in [-0.1, -0.05) is 42.8 Å². The van der Waals surface area contributed by atoms with E-state index in [0.29, 0.717) is 11.3 Å². The van der Waals surface area contributed by atoms with Crippen molar-refractivity contribution in [2.75, 3.05) is 5.32 Å². The molecule has 110 valence electrons. The van der Waals surface area contributed by atoms with Gasteiger partial charge in [-0.25, -0.2) is 0 Å². The van der Waals surface area contributed by atoms with Crippen molar-refractivity contribution in [1.29, 1.82) is 0 Å². The van der Waals surface area contributed by atoms with E-state index < -0.39 is 0 Å². The van der Waals surface area contributed by atoms with Gasteiger partial charge in [0.2, 0.25) is 0 Å². The maximum atomic E-state index is 12.2. The fraction of sp³-hybridized carbons (Fsp3) is 0.235. The van der Waals surface area contributed by atoms with Crippen LogP contribution in [0.25, 0.3) is 0 Å². The van der Waals surface area contributed by atoms with E-state index in [1.165, 1.54) is 0 Å². The molecule has 0 saturated heterocycles. The van der Waals surface area contributed by atoms with Crippen LogP contribution in [-0.2, 0) is 5.41 Å². The van der Waals surface area contributed by atoms with Crippen LogP contribution in [0.15, 0.2) is 46.9 Å². The number of benzene rings is 2. The Morgan fingerprint density at radius 2 is 1.71 bits per heavy atom. The first-order valence-corrected chi connectivity index (χ1v) is 7.47. The second-order valence-corrected chi connectivity index (χ2v) is 6.86. The second kappa shape index (κ2) is 5.90. The molecule has 0 aliphatic heterocycles. The minimum Gasteiger partial charge on any atom is -0.506 e. The molecule has 0 unspecified atom stereocenters. The van der Waals surface area contributed by atoms with Crippen LogP contribution in [0.3, 0.4) is 0 Å². The molecule has 2 aromatic carbocycles. The lowest BCUT2D eigenvalue weighted by Gasteiger charge is -2.20. The average Bonchev–Trinajstić information content (AvgIpc) is 2.40. The number of aromatic hydroxyl groups is 1. The van der Waals surface area contributed by atoms with Crippen molar-refractivity contribution in [3.63, 3.8) is 0 Å². The first kappa shape index (κ1) is 15.6. The van der Waals surface area contributed by atoms with Gasteiger partial charge >= 0.3 is 0 Å². The van der Waals surface area contributed by atoms with E-state index in [1.807, 2.05) is 12.1 Å². The molecule has 2 rings (SSSR count). The van der Waals surface area contributed by atoms with Gasteiger partial charge in [-0.3, -0.25) is 4.79 Å². The fourth-order valence-corrected chi connectivity index (χ4v) is 2.16. The highest BCUT2D eigenvalue weighted by Gasteiger charge is 2.16. The Labute approximate surface area is 133 Å². The minimum atomic E-state index is -0.246. The Hall–Kier alpha value is -1.81. The molecule has 2 aromatic rings. The molecule has 2 N–H and O–H groups in total. The van der Waals surface area contributed by atoms with E-state index in [1.54, 1.807) is 30.3 Å². The van der Waals surface area contributed by atoms with E-state index in [-0.39, 0.29) is 17.1 Å². The Kier molecular flexibility index (Phi) is 4.37. The van der Waals surface area contributed by atoms with E-state index in [0.717, 1.165) is 10.0 Å². The predicted octanol–water partition coefficient (Wildman–Crippen LogP) is 4.70. The summed E-state index contributed by atoms with van der Waals surface area (Å²) in [7, 11) is 0. The smallest absolute Gasteiger partial charge is 0.255 e. The minimum absolute atomic E-state index is 0.0508. The van der Waals surface area contributed by atoms with Crippen molar-refractivity contribution in [2.24, 2.45) is 0 Å². The molecule has 3 nitrogen and oxygen atoms in total. The number of phenols is 1. The van der Waals surface area contributed by atoms with Gasteiger partial charge in [-0.15, -0.1) is 0 Å². The molecule has 0 aliphatic carbocycles. The van der Waals surface area contributed by atoms with Gasteiger partial charge in [0, 0.05) is 10.0 Å². The predicted molar refractivity (Wildman–Crippen MR) is 88.9 cm³/mol. The number of phenolic OH excluding ortho intramolecular Hbond substituents is 1. The van der Waals surface area contributed by atoms with Crippen molar-refractivity contribution in [3.05, 3.63) is 58.1 Å². The molecular weight excluding hydrogens is 330 g/mol. The zero-order chi connectivity index (χ0) is 15.6. The number of amides is 1. The van der Waals surface area contributed by atoms with Crippen LogP contribution in [0.5, 0.6) is 5.75 Å². The van der Waals surface area contributed by atoms with Crippen LogP contribution in [0.4, 0.5) is 5.69 Å². The van der Waals surface area contributed by atoms with Gasteiger partial charge in [0.05, 0.1) is 5.69 Å². The van der Waals surface area contributed by atoms with E-state index in [4.69, 9.17) is 0 Å². The summed E-state index contributed by atoms with van der Waals surface area (Å²) in [5, 5.41) is 12.7. The van der Waals surface area contributed by atoms with Gasteiger partial charge in [0.25, 0.3) is 5.91 Å². The largest absolute Gasteiger partial charge is 0.506 e. The molecular formula is C17H18BrNO2. The SMILES string of the molecule is CC(C)(C)c1ccc(O)c(NC(=O)c2ccc(Br)cc2)c1. The summed E-state index contributed by atoms with van der Waals surface area (Å²) in [6, 6.07) is 12.4. The van der Waals surface area contributed by atoms with Crippen molar-refractivity contribution in [3.8, 4) is 5.75 Å². The average molecular weight is 348 g/mol. The van der Waals surface area contributed by atoms with Crippen LogP contribution in [0.2, 0.25) is 0 Å².